The Balaban J connectivity index is 1.18. The SMILES string of the molecule is O=C(O)[C@@H](c1ccsc1)N1C[C@H](CN2CCC(CCCc3ccccc3)CC2)[C@@H](c2ccccc2)C1. The molecule has 1 N–H and O–H groups in total. The summed E-state index contributed by atoms with van der Waals surface area (Å²) in [7, 11) is 0. The van der Waals surface area contributed by atoms with Gasteiger partial charge in [0.25, 0.3) is 0 Å². The summed E-state index contributed by atoms with van der Waals surface area (Å²) in [4.78, 5) is 17.2. The highest BCUT2D eigenvalue weighted by molar-refractivity contribution is 7.08. The van der Waals surface area contributed by atoms with Crippen LogP contribution in [0.3, 0.4) is 0 Å². The summed E-state index contributed by atoms with van der Waals surface area (Å²) in [6.07, 6.45) is 6.36. The van der Waals surface area contributed by atoms with Crippen molar-refractivity contribution in [1.29, 1.82) is 0 Å². The highest BCUT2D eigenvalue weighted by Crippen LogP contribution is 2.39. The second kappa shape index (κ2) is 12.2. The van der Waals surface area contributed by atoms with E-state index in [1.165, 1.54) is 56.3 Å². The third kappa shape index (κ3) is 6.26. The quantitative estimate of drug-likeness (QED) is 0.352. The van der Waals surface area contributed by atoms with Crippen molar-refractivity contribution in [2.45, 2.75) is 44.1 Å². The summed E-state index contributed by atoms with van der Waals surface area (Å²) < 4.78 is 0. The number of likely N-dealkylation sites (tertiary alicyclic amines) is 2. The zero-order valence-electron chi connectivity index (χ0n) is 21.0. The minimum atomic E-state index is -0.739. The lowest BCUT2D eigenvalue weighted by Gasteiger charge is -2.35. The topological polar surface area (TPSA) is 43.8 Å². The summed E-state index contributed by atoms with van der Waals surface area (Å²) in [5, 5.41) is 14.1. The molecule has 2 saturated heterocycles. The van der Waals surface area contributed by atoms with Crippen LogP contribution in [-0.4, -0.2) is 53.6 Å². The molecule has 0 amide bonds. The molecule has 3 atom stereocenters. The number of thiophene rings is 1. The summed E-state index contributed by atoms with van der Waals surface area (Å²) in [5.41, 5.74) is 3.71. The van der Waals surface area contributed by atoms with E-state index in [2.05, 4.69) is 70.5 Å². The van der Waals surface area contributed by atoms with E-state index >= 15 is 0 Å². The standard InChI is InChI=1S/C31H38N2O2S/c34-31(35)30(27-16-19-36-23-27)33-21-28(29(22-33)26-12-5-2-6-13-26)20-32-17-14-25(15-18-32)11-7-10-24-8-3-1-4-9-24/h1-6,8-9,12-13,16,19,23,25,28-30H,7,10-11,14-15,17-18,20-22H2,(H,34,35)/t28-,29+,30+/m0/s1. The highest BCUT2D eigenvalue weighted by Gasteiger charge is 2.41. The maximum atomic E-state index is 12.3. The van der Waals surface area contributed by atoms with Crippen molar-refractivity contribution >= 4 is 17.3 Å². The third-order valence-corrected chi connectivity index (χ3v) is 8.98. The number of aliphatic carboxylic acids is 1. The lowest BCUT2D eigenvalue weighted by Crippen LogP contribution is -2.39. The summed E-state index contributed by atoms with van der Waals surface area (Å²) in [6.45, 7) is 5.03. The van der Waals surface area contributed by atoms with Crippen LogP contribution in [0.1, 0.15) is 54.3 Å². The smallest absolute Gasteiger partial charge is 0.325 e. The molecule has 3 aromatic rings. The van der Waals surface area contributed by atoms with Gasteiger partial charge >= 0.3 is 5.97 Å². The number of piperidine rings is 1. The molecule has 5 heteroatoms. The second-order valence-corrected chi connectivity index (χ2v) is 11.4. The summed E-state index contributed by atoms with van der Waals surface area (Å²) in [5.74, 6) is 0.917. The predicted molar refractivity (Wildman–Crippen MR) is 147 cm³/mol. The molecule has 0 radical (unpaired) electrons. The first-order valence-electron chi connectivity index (χ1n) is 13.5. The van der Waals surface area contributed by atoms with E-state index in [-0.39, 0.29) is 0 Å². The molecule has 0 spiro atoms. The van der Waals surface area contributed by atoms with Crippen LogP contribution in [0.25, 0.3) is 0 Å². The molecule has 0 saturated carbocycles. The lowest BCUT2D eigenvalue weighted by molar-refractivity contribution is -0.143. The number of carboxylic acids is 1. The van der Waals surface area contributed by atoms with Crippen molar-refractivity contribution in [3.05, 3.63) is 94.2 Å². The number of hydrogen-bond donors (Lipinski definition) is 1. The molecule has 2 aliphatic rings. The molecule has 2 fully saturated rings. The fourth-order valence-corrected chi connectivity index (χ4v) is 7.03. The first-order valence-corrected chi connectivity index (χ1v) is 14.4. The van der Waals surface area contributed by atoms with Crippen LogP contribution in [-0.2, 0) is 11.2 Å². The monoisotopic (exact) mass is 502 g/mol. The molecule has 2 aliphatic heterocycles. The fourth-order valence-electron chi connectivity index (χ4n) is 6.35. The Bertz CT molecular complexity index is 1060. The average Bonchev–Trinajstić information content (AvgIpc) is 3.57. The maximum Gasteiger partial charge on any atom is 0.325 e. The van der Waals surface area contributed by atoms with E-state index in [4.69, 9.17) is 0 Å². The molecule has 1 aromatic heterocycles. The molecule has 2 aromatic carbocycles. The Morgan fingerprint density at radius 1 is 0.972 bits per heavy atom. The van der Waals surface area contributed by atoms with E-state index in [0.29, 0.717) is 11.8 Å². The minimum absolute atomic E-state index is 0.371. The third-order valence-electron chi connectivity index (χ3n) is 8.28. The van der Waals surface area contributed by atoms with Crippen LogP contribution >= 0.6 is 11.3 Å². The molecule has 3 heterocycles. The molecule has 190 valence electrons. The number of carbonyl (C=O) groups is 1. The normalized spacial score (nSPS) is 22.6. The Kier molecular flexibility index (Phi) is 8.52. The van der Waals surface area contributed by atoms with Crippen molar-refractivity contribution in [2.24, 2.45) is 11.8 Å². The van der Waals surface area contributed by atoms with Crippen LogP contribution in [0.5, 0.6) is 0 Å². The van der Waals surface area contributed by atoms with E-state index in [1.807, 2.05) is 16.8 Å². The average molecular weight is 503 g/mol. The maximum absolute atomic E-state index is 12.3. The van der Waals surface area contributed by atoms with Gasteiger partial charge in [0.15, 0.2) is 0 Å². The largest absolute Gasteiger partial charge is 0.480 e. The van der Waals surface area contributed by atoms with E-state index in [1.54, 1.807) is 11.3 Å². The van der Waals surface area contributed by atoms with Gasteiger partial charge in [-0.3, -0.25) is 9.69 Å². The van der Waals surface area contributed by atoms with Crippen molar-refractivity contribution < 1.29 is 9.90 Å². The Morgan fingerprint density at radius 3 is 2.36 bits per heavy atom. The zero-order valence-corrected chi connectivity index (χ0v) is 21.9. The van der Waals surface area contributed by atoms with Gasteiger partial charge in [-0.15, -0.1) is 0 Å². The van der Waals surface area contributed by atoms with Gasteiger partial charge in [0.2, 0.25) is 0 Å². The number of carboxylic acid groups (broad SMARTS) is 1. The van der Waals surface area contributed by atoms with Crippen LogP contribution in [0.15, 0.2) is 77.5 Å². The van der Waals surface area contributed by atoms with E-state index in [9.17, 15) is 9.90 Å². The predicted octanol–water partition coefficient (Wildman–Crippen LogP) is 6.32. The van der Waals surface area contributed by atoms with Gasteiger partial charge < -0.3 is 10.0 Å². The van der Waals surface area contributed by atoms with Gasteiger partial charge in [0, 0.05) is 25.6 Å². The molecular weight excluding hydrogens is 464 g/mol. The number of benzene rings is 2. The van der Waals surface area contributed by atoms with Crippen LogP contribution in [0.2, 0.25) is 0 Å². The highest BCUT2D eigenvalue weighted by atomic mass is 32.1. The van der Waals surface area contributed by atoms with Gasteiger partial charge in [0.1, 0.15) is 6.04 Å². The Morgan fingerprint density at radius 2 is 1.69 bits per heavy atom. The van der Waals surface area contributed by atoms with E-state index < -0.39 is 12.0 Å². The second-order valence-electron chi connectivity index (χ2n) is 10.7. The van der Waals surface area contributed by atoms with Gasteiger partial charge in [-0.1, -0.05) is 67.1 Å². The molecule has 0 unspecified atom stereocenters. The first kappa shape index (κ1) is 25.2. The number of nitrogens with zero attached hydrogens (tertiary/aromatic N) is 2. The van der Waals surface area contributed by atoms with Gasteiger partial charge in [-0.25, -0.2) is 0 Å². The van der Waals surface area contributed by atoms with Crippen LogP contribution in [0.4, 0.5) is 0 Å². The minimum Gasteiger partial charge on any atom is -0.480 e. The number of aryl methyl sites for hydroxylation is 1. The molecule has 4 nitrogen and oxygen atoms in total. The molecule has 0 aliphatic carbocycles. The van der Waals surface area contributed by atoms with Crippen molar-refractivity contribution in [1.82, 2.24) is 9.80 Å². The fraction of sp³-hybridized carbons (Fsp3) is 0.452. The number of hydrogen-bond acceptors (Lipinski definition) is 4. The summed E-state index contributed by atoms with van der Waals surface area (Å²) >= 11 is 1.58. The van der Waals surface area contributed by atoms with Crippen molar-refractivity contribution in [2.75, 3.05) is 32.7 Å². The van der Waals surface area contributed by atoms with Gasteiger partial charge in [-0.05, 0) is 84.1 Å². The molecule has 0 bridgehead atoms. The Hall–Kier alpha value is -2.47. The van der Waals surface area contributed by atoms with Crippen LogP contribution in [0, 0.1) is 11.8 Å². The summed E-state index contributed by atoms with van der Waals surface area (Å²) in [6, 6.07) is 23.0. The van der Waals surface area contributed by atoms with Crippen LogP contribution < -0.4 is 0 Å². The molecule has 36 heavy (non-hydrogen) atoms. The van der Waals surface area contributed by atoms with Crippen molar-refractivity contribution in [3.8, 4) is 0 Å². The van der Waals surface area contributed by atoms with Gasteiger partial charge in [0.05, 0.1) is 0 Å². The van der Waals surface area contributed by atoms with Crippen molar-refractivity contribution in [3.63, 3.8) is 0 Å². The molecular formula is C31H38N2O2S. The zero-order chi connectivity index (χ0) is 24.7. The Labute approximate surface area is 219 Å². The molecule has 5 rings (SSSR count). The van der Waals surface area contributed by atoms with E-state index in [0.717, 1.165) is 31.1 Å². The lowest BCUT2D eigenvalue weighted by atomic mass is 9.87. The first-order chi connectivity index (χ1) is 17.7. The van der Waals surface area contributed by atoms with Gasteiger partial charge in [-0.2, -0.15) is 11.3 Å². The number of rotatable bonds is 10.